The van der Waals surface area contributed by atoms with E-state index >= 15 is 0 Å². The van der Waals surface area contributed by atoms with Crippen LogP contribution in [-0.2, 0) is 24.2 Å². The Morgan fingerprint density at radius 3 is 3.14 bits per heavy atom. The molecule has 1 amide bonds. The van der Waals surface area contributed by atoms with Crippen molar-refractivity contribution in [2.75, 3.05) is 7.05 Å². The molecule has 0 saturated carbocycles. The molecule has 1 aromatic heterocycles. The van der Waals surface area contributed by atoms with Crippen LogP contribution in [0.25, 0.3) is 0 Å². The number of amides is 1. The molecule has 1 heterocycles. The number of nitrogens with zero attached hydrogens (tertiary/aromatic N) is 2. The fourth-order valence-electron chi connectivity index (χ4n) is 1.90. The van der Waals surface area contributed by atoms with Crippen LogP contribution in [0.2, 0.25) is 0 Å². The van der Waals surface area contributed by atoms with Crippen LogP contribution in [0.15, 0.2) is 6.33 Å². The topological polar surface area (TPSA) is 46.9 Å². The van der Waals surface area contributed by atoms with Crippen LogP contribution in [0, 0.1) is 0 Å². The van der Waals surface area contributed by atoms with Crippen LogP contribution >= 0.6 is 0 Å². The lowest BCUT2D eigenvalue weighted by molar-refractivity contribution is -0.121. The predicted octanol–water partition coefficient (Wildman–Crippen LogP) is 0.508. The number of nitrogens with one attached hydrogen (secondary N) is 1. The summed E-state index contributed by atoms with van der Waals surface area (Å²) in [5.74, 6) is 0.0378. The summed E-state index contributed by atoms with van der Waals surface area (Å²) < 4.78 is 1.97. The first kappa shape index (κ1) is 9.24. The van der Waals surface area contributed by atoms with Crippen LogP contribution in [0.1, 0.15) is 24.2 Å². The van der Waals surface area contributed by atoms with Crippen molar-refractivity contribution in [3.8, 4) is 0 Å². The molecule has 0 aliphatic heterocycles. The lowest BCUT2D eigenvalue weighted by Gasteiger charge is -2.13. The van der Waals surface area contributed by atoms with Crippen LogP contribution in [0.4, 0.5) is 0 Å². The quantitative estimate of drug-likeness (QED) is 0.743. The van der Waals surface area contributed by atoms with Crippen molar-refractivity contribution < 1.29 is 4.79 Å². The highest BCUT2D eigenvalue weighted by molar-refractivity contribution is 5.75. The van der Waals surface area contributed by atoms with Gasteiger partial charge in [-0.3, -0.25) is 4.79 Å². The number of carbonyl (C=O) groups excluding carboxylic acids is 1. The van der Waals surface area contributed by atoms with E-state index in [-0.39, 0.29) is 5.91 Å². The summed E-state index contributed by atoms with van der Waals surface area (Å²) in [4.78, 5) is 15.5. The van der Waals surface area contributed by atoms with Gasteiger partial charge in [0.1, 0.15) is 6.54 Å². The molecule has 1 aromatic rings. The largest absolute Gasteiger partial charge is 0.358 e. The molecule has 0 bridgehead atoms. The van der Waals surface area contributed by atoms with Crippen molar-refractivity contribution in [3.05, 3.63) is 17.7 Å². The monoisotopic (exact) mass is 193 g/mol. The summed E-state index contributed by atoms with van der Waals surface area (Å²) in [6.45, 7) is 0.402. The second-order valence-electron chi connectivity index (χ2n) is 3.65. The van der Waals surface area contributed by atoms with E-state index in [4.69, 9.17) is 0 Å². The Hall–Kier alpha value is -1.32. The van der Waals surface area contributed by atoms with E-state index in [0.29, 0.717) is 6.54 Å². The summed E-state index contributed by atoms with van der Waals surface area (Å²) in [6, 6.07) is 0. The predicted molar refractivity (Wildman–Crippen MR) is 52.9 cm³/mol. The number of aryl methyl sites for hydroxylation is 1. The molecule has 0 radical (unpaired) electrons. The summed E-state index contributed by atoms with van der Waals surface area (Å²) >= 11 is 0. The molecule has 0 unspecified atom stereocenters. The zero-order valence-electron chi connectivity index (χ0n) is 8.42. The number of imidazole rings is 1. The zero-order valence-corrected chi connectivity index (χ0v) is 8.42. The van der Waals surface area contributed by atoms with Crippen molar-refractivity contribution in [2.24, 2.45) is 0 Å². The molecule has 1 aliphatic rings. The molecule has 0 fully saturated rings. The van der Waals surface area contributed by atoms with E-state index in [1.54, 1.807) is 13.4 Å². The SMILES string of the molecule is CNC(=O)Cn1cnc2c1CCCC2. The minimum Gasteiger partial charge on any atom is -0.358 e. The van der Waals surface area contributed by atoms with Gasteiger partial charge in [-0.15, -0.1) is 0 Å². The van der Waals surface area contributed by atoms with Gasteiger partial charge in [0.2, 0.25) is 5.91 Å². The van der Waals surface area contributed by atoms with Crippen molar-refractivity contribution in [1.29, 1.82) is 0 Å². The van der Waals surface area contributed by atoms with Crippen molar-refractivity contribution in [1.82, 2.24) is 14.9 Å². The maximum atomic E-state index is 11.2. The van der Waals surface area contributed by atoms with E-state index < -0.39 is 0 Å². The van der Waals surface area contributed by atoms with Gasteiger partial charge in [0.05, 0.1) is 12.0 Å². The Morgan fingerprint density at radius 1 is 1.57 bits per heavy atom. The van der Waals surface area contributed by atoms with Gasteiger partial charge < -0.3 is 9.88 Å². The molecule has 14 heavy (non-hydrogen) atoms. The number of aromatic nitrogens is 2. The average Bonchev–Trinajstić information content (AvgIpc) is 2.62. The number of carbonyl (C=O) groups is 1. The van der Waals surface area contributed by atoms with Gasteiger partial charge in [0, 0.05) is 12.7 Å². The molecule has 0 spiro atoms. The molecule has 0 atom stereocenters. The summed E-state index contributed by atoms with van der Waals surface area (Å²) in [5, 5.41) is 2.62. The fraction of sp³-hybridized carbons (Fsp3) is 0.600. The van der Waals surface area contributed by atoms with Crippen molar-refractivity contribution in [3.63, 3.8) is 0 Å². The Morgan fingerprint density at radius 2 is 2.36 bits per heavy atom. The first-order valence-corrected chi connectivity index (χ1v) is 5.04. The standard InChI is InChI=1S/C10H15N3O/c1-11-10(14)6-13-7-12-8-4-2-3-5-9(8)13/h7H,2-6H2,1H3,(H,11,14). The van der Waals surface area contributed by atoms with Gasteiger partial charge in [-0.25, -0.2) is 4.98 Å². The van der Waals surface area contributed by atoms with Gasteiger partial charge in [0.15, 0.2) is 0 Å². The molecule has 2 rings (SSSR count). The van der Waals surface area contributed by atoms with Crippen LogP contribution in [0.3, 0.4) is 0 Å². The fourth-order valence-corrected chi connectivity index (χ4v) is 1.90. The van der Waals surface area contributed by atoms with Crippen LogP contribution < -0.4 is 5.32 Å². The van der Waals surface area contributed by atoms with Gasteiger partial charge >= 0.3 is 0 Å². The molecule has 0 aromatic carbocycles. The highest BCUT2D eigenvalue weighted by Crippen LogP contribution is 2.19. The zero-order chi connectivity index (χ0) is 9.97. The lowest BCUT2D eigenvalue weighted by Crippen LogP contribution is -2.24. The van der Waals surface area contributed by atoms with E-state index in [1.165, 1.54) is 24.2 Å². The van der Waals surface area contributed by atoms with Crippen LogP contribution in [-0.4, -0.2) is 22.5 Å². The van der Waals surface area contributed by atoms with E-state index in [1.807, 2.05) is 4.57 Å². The molecule has 4 heteroatoms. The number of rotatable bonds is 2. The summed E-state index contributed by atoms with van der Waals surface area (Å²) in [7, 11) is 1.66. The Kier molecular flexibility index (Phi) is 2.52. The third-order valence-electron chi connectivity index (χ3n) is 2.70. The number of fused-ring (bicyclic) bond motifs is 1. The Balaban J connectivity index is 2.18. The molecule has 1 N–H and O–H groups in total. The molecule has 76 valence electrons. The Labute approximate surface area is 83.3 Å². The third kappa shape index (κ3) is 1.64. The first-order valence-electron chi connectivity index (χ1n) is 5.04. The van der Waals surface area contributed by atoms with Gasteiger partial charge in [-0.1, -0.05) is 0 Å². The molecular formula is C10H15N3O. The maximum absolute atomic E-state index is 11.2. The average molecular weight is 193 g/mol. The minimum atomic E-state index is 0.0378. The lowest BCUT2D eigenvalue weighted by atomic mass is 10.0. The van der Waals surface area contributed by atoms with Gasteiger partial charge in [0.25, 0.3) is 0 Å². The van der Waals surface area contributed by atoms with E-state index in [2.05, 4.69) is 10.3 Å². The normalized spacial score (nSPS) is 14.9. The Bertz CT molecular complexity index is 343. The van der Waals surface area contributed by atoms with Crippen LogP contribution in [0.5, 0.6) is 0 Å². The third-order valence-corrected chi connectivity index (χ3v) is 2.70. The second-order valence-corrected chi connectivity index (χ2v) is 3.65. The molecule has 1 aliphatic carbocycles. The van der Waals surface area contributed by atoms with Gasteiger partial charge in [-0.2, -0.15) is 0 Å². The second kappa shape index (κ2) is 3.82. The van der Waals surface area contributed by atoms with Crippen molar-refractivity contribution in [2.45, 2.75) is 32.2 Å². The maximum Gasteiger partial charge on any atom is 0.239 e. The van der Waals surface area contributed by atoms with Gasteiger partial charge in [-0.05, 0) is 25.7 Å². The molecule has 0 saturated heterocycles. The number of likely N-dealkylation sites (N-methyl/N-ethyl adjacent to an activating group) is 1. The van der Waals surface area contributed by atoms with E-state index in [9.17, 15) is 4.79 Å². The first-order chi connectivity index (χ1) is 6.81. The molecule has 4 nitrogen and oxygen atoms in total. The highest BCUT2D eigenvalue weighted by Gasteiger charge is 2.15. The highest BCUT2D eigenvalue weighted by atomic mass is 16.1. The summed E-state index contributed by atoms with van der Waals surface area (Å²) in [6.07, 6.45) is 6.35. The minimum absolute atomic E-state index is 0.0378. The number of hydrogen-bond donors (Lipinski definition) is 1. The van der Waals surface area contributed by atoms with Crippen molar-refractivity contribution >= 4 is 5.91 Å². The smallest absolute Gasteiger partial charge is 0.239 e. The molecular weight excluding hydrogens is 178 g/mol. The van der Waals surface area contributed by atoms with E-state index in [0.717, 1.165) is 12.8 Å². The number of hydrogen-bond acceptors (Lipinski definition) is 2. The summed E-state index contributed by atoms with van der Waals surface area (Å²) in [5.41, 5.74) is 2.43.